The quantitative estimate of drug-likeness (QED) is 0.693. The second-order valence-electron chi connectivity index (χ2n) is 2.19. The van der Waals surface area contributed by atoms with Gasteiger partial charge in [-0.25, -0.2) is 4.98 Å². The molecule has 0 radical (unpaired) electrons. The van der Waals surface area contributed by atoms with Crippen LogP contribution in [-0.2, 0) is 0 Å². The van der Waals surface area contributed by atoms with E-state index in [1.165, 1.54) is 0 Å². The first kappa shape index (κ1) is 10.7. The van der Waals surface area contributed by atoms with Crippen molar-refractivity contribution in [2.24, 2.45) is 0 Å². The molecule has 0 aliphatic carbocycles. The van der Waals surface area contributed by atoms with Gasteiger partial charge in [0, 0.05) is 11.8 Å². The number of aromatic nitrogens is 1. The predicted octanol–water partition coefficient (Wildman–Crippen LogP) is 2.64. The lowest BCUT2D eigenvalue weighted by molar-refractivity contribution is 1.27. The van der Waals surface area contributed by atoms with Gasteiger partial charge in [-0.2, -0.15) is 0 Å². The Bertz CT molecular complexity index is 254. The van der Waals surface area contributed by atoms with Crippen LogP contribution in [0.25, 0.3) is 6.08 Å². The minimum Gasteiger partial charge on any atom is -0.383 e. The summed E-state index contributed by atoms with van der Waals surface area (Å²) in [7, 11) is 0. The van der Waals surface area contributed by atoms with Crippen molar-refractivity contribution in [3.63, 3.8) is 0 Å². The highest BCUT2D eigenvalue weighted by Crippen LogP contribution is 2.10. The van der Waals surface area contributed by atoms with E-state index in [0.717, 1.165) is 11.1 Å². The lowest BCUT2D eigenvalue weighted by Crippen LogP contribution is -1.93. The molecule has 1 heterocycles. The van der Waals surface area contributed by atoms with Crippen molar-refractivity contribution >= 4 is 11.9 Å². The molecule has 0 unspecified atom stereocenters. The van der Waals surface area contributed by atoms with Crippen LogP contribution in [-0.4, -0.2) is 4.98 Å². The molecule has 2 nitrogen and oxygen atoms in total. The average molecular weight is 164 g/mol. The van der Waals surface area contributed by atoms with Crippen molar-refractivity contribution in [1.82, 2.24) is 4.98 Å². The van der Waals surface area contributed by atoms with Gasteiger partial charge in [-0.3, -0.25) is 0 Å². The molecule has 0 spiro atoms. The predicted molar refractivity (Wildman–Crippen MR) is 54.8 cm³/mol. The molecule has 0 aliphatic heterocycles. The lowest BCUT2D eigenvalue weighted by Gasteiger charge is -1.98. The van der Waals surface area contributed by atoms with E-state index in [1.807, 2.05) is 26.8 Å². The van der Waals surface area contributed by atoms with Gasteiger partial charge in [-0.05, 0) is 18.6 Å². The Hall–Kier alpha value is -1.31. The molecule has 0 saturated carbocycles. The molecule has 1 rings (SSSR count). The highest BCUT2D eigenvalue weighted by molar-refractivity contribution is 5.59. The van der Waals surface area contributed by atoms with E-state index in [1.54, 1.807) is 12.3 Å². The van der Waals surface area contributed by atoms with Crippen LogP contribution in [0.15, 0.2) is 18.8 Å². The van der Waals surface area contributed by atoms with Crippen LogP contribution in [0.4, 0.5) is 5.82 Å². The minimum atomic E-state index is 0.542. The summed E-state index contributed by atoms with van der Waals surface area (Å²) in [6.07, 6.45) is 3.44. The number of aryl methyl sites for hydroxylation is 1. The summed E-state index contributed by atoms with van der Waals surface area (Å²) in [4.78, 5) is 3.96. The van der Waals surface area contributed by atoms with E-state index >= 15 is 0 Å². The topological polar surface area (TPSA) is 38.9 Å². The van der Waals surface area contributed by atoms with E-state index < -0.39 is 0 Å². The SMILES string of the molecule is C=Cc1cc(C)cnc1N.CC. The minimum absolute atomic E-state index is 0.542. The number of hydrogen-bond donors (Lipinski definition) is 1. The smallest absolute Gasteiger partial charge is 0.130 e. The van der Waals surface area contributed by atoms with Crippen molar-refractivity contribution in [2.45, 2.75) is 20.8 Å². The summed E-state index contributed by atoms with van der Waals surface area (Å²) in [6, 6.07) is 1.95. The van der Waals surface area contributed by atoms with Crippen molar-refractivity contribution in [1.29, 1.82) is 0 Å². The molecular weight excluding hydrogens is 148 g/mol. The summed E-state index contributed by atoms with van der Waals surface area (Å²) in [5, 5.41) is 0. The summed E-state index contributed by atoms with van der Waals surface area (Å²) in [5.74, 6) is 0.542. The Morgan fingerprint density at radius 2 is 2.08 bits per heavy atom. The van der Waals surface area contributed by atoms with Crippen LogP contribution in [0, 0.1) is 6.92 Å². The number of nitrogen functional groups attached to an aromatic ring is 1. The maximum Gasteiger partial charge on any atom is 0.130 e. The number of rotatable bonds is 1. The average Bonchev–Trinajstić information content (AvgIpc) is 2.13. The van der Waals surface area contributed by atoms with Gasteiger partial charge in [-0.1, -0.05) is 26.5 Å². The first-order chi connectivity index (χ1) is 5.74. The number of hydrogen-bond acceptors (Lipinski definition) is 2. The fraction of sp³-hybridized carbons (Fsp3) is 0.300. The molecule has 0 atom stereocenters. The van der Waals surface area contributed by atoms with Gasteiger partial charge in [0.2, 0.25) is 0 Å². The van der Waals surface area contributed by atoms with Gasteiger partial charge in [-0.15, -0.1) is 0 Å². The Morgan fingerprint density at radius 3 is 2.50 bits per heavy atom. The van der Waals surface area contributed by atoms with Crippen molar-refractivity contribution in [2.75, 3.05) is 5.73 Å². The maximum atomic E-state index is 5.52. The molecule has 2 N–H and O–H groups in total. The summed E-state index contributed by atoms with van der Waals surface area (Å²) >= 11 is 0. The Morgan fingerprint density at radius 1 is 1.50 bits per heavy atom. The molecule has 66 valence electrons. The van der Waals surface area contributed by atoms with E-state index in [-0.39, 0.29) is 0 Å². The molecule has 0 amide bonds. The first-order valence-corrected chi connectivity index (χ1v) is 4.08. The largest absolute Gasteiger partial charge is 0.383 e. The van der Waals surface area contributed by atoms with Gasteiger partial charge in [0.15, 0.2) is 0 Å². The van der Waals surface area contributed by atoms with E-state index in [2.05, 4.69) is 11.6 Å². The molecule has 0 aromatic carbocycles. The first-order valence-electron chi connectivity index (χ1n) is 4.08. The number of nitrogens with zero attached hydrogens (tertiary/aromatic N) is 1. The fourth-order valence-corrected chi connectivity index (χ4v) is 0.766. The van der Waals surface area contributed by atoms with Gasteiger partial charge < -0.3 is 5.73 Å². The van der Waals surface area contributed by atoms with Gasteiger partial charge in [0.05, 0.1) is 0 Å². The molecule has 1 aromatic rings. The van der Waals surface area contributed by atoms with Crippen LogP contribution in [0.5, 0.6) is 0 Å². The Balaban J connectivity index is 0.000000561. The van der Waals surface area contributed by atoms with Crippen LogP contribution in [0.3, 0.4) is 0 Å². The highest BCUT2D eigenvalue weighted by Gasteiger charge is 1.93. The highest BCUT2D eigenvalue weighted by atomic mass is 14.8. The zero-order valence-electron chi connectivity index (χ0n) is 7.96. The molecule has 0 fully saturated rings. The van der Waals surface area contributed by atoms with Crippen LogP contribution in [0.1, 0.15) is 25.0 Å². The second kappa shape index (κ2) is 5.35. The summed E-state index contributed by atoms with van der Waals surface area (Å²) in [6.45, 7) is 9.58. The summed E-state index contributed by atoms with van der Waals surface area (Å²) in [5.41, 5.74) is 7.52. The number of nitrogens with two attached hydrogens (primary N) is 1. The Labute approximate surface area is 74.1 Å². The van der Waals surface area contributed by atoms with Crippen LogP contribution >= 0.6 is 0 Å². The normalized spacial score (nSPS) is 8.25. The van der Waals surface area contributed by atoms with E-state index in [9.17, 15) is 0 Å². The standard InChI is InChI=1S/C8H10N2.C2H6/c1-3-7-4-6(2)5-10-8(7)9;1-2/h3-5H,1H2,2H3,(H2,9,10);1-2H3. The molecule has 2 heteroatoms. The third-order valence-corrected chi connectivity index (χ3v) is 1.31. The van der Waals surface area contributed by atoms with Crippen molar-refractivity contribution in [3.8, 4) is 0 Å². The molecule has 12 heavy (non-hydrogen) atoms. The molecular formula is C10H16N2. The molecule has 0 aliphatic rings. The number of anilines is 1. The van der Waals surface area contributed by atoms with Gasteiger partial charge >= 0.3 is 0 Å². The van der Waals surface area contributed by atoms with Crippen molar-refractivity contribution < 1.29 is 0 Å². The summed E-state index contributed by atoms with van der Waals surface area (Å²) < 4.78 is 0. The monoisotopic (exact) mass is 164 g/mol. The molecule has 0 saturated heterocycles. The van der Waals surface area contributed by atoms with Crippen LogP contribution in [0.2, 0.25) is 0 Å². The maximum absolute atomic E-state index is 5.52. The zero-order valence-corrected chi connectivity index (χ0v) is 7.96. The van der Waals surface area contributed by atoms with Gasteiger partial charge in [0.25, 0.3) is 0 Å². The lowest BCUT2D eigenvalue weighted by atomic mass is 10.2. The van der Waals surface area contributed by atoms with Gasteiger partial charge in [0.1, 0.15) is 5.82 Å². The molecule has 1 aromatic heterocycles. The van der Waals surface area contributed by atoms with Crippen molar-refractivity contribution in [3.05, 3.63) is 30.0 Å². The van der Waals surface area contributed by atoms with E-state index in [0.29, 0.717) is 5.82 Å². The van der Waals surface area contributed by atoms with Crippen LogP contribution < -0.4 is 5.73 Å². The number of pyridine rings is 1. The molecule has 0 bridgehead atoms. The fourth-order valence-electron chi connectivity index (χ4n) is 0.766. The second-order valence-corrected chi connectivity index (χ2v) is 2.19. The van der Waals surface area contributed by atoms with E-state index in [4.69, 9.17) is 5.73 Å². The zero-order chi connectivity index (χ0) is 9.56. The third kappa shape index (κ3) is 2.74. The third-order valence-electron chi connectivity index (χ3n) is 1.31. The Kier molecular flexibility index (Phi) is 4.77.